The van der Waals surface area contributed by atoms with Gasteiger partial charge in [-0.15, -0.1) is 5.56 Å². The number of halogens is 2. The summed E-state index contributed by atoms with van der Waals surface area (Å²) >= 11 is 1.46. The topological polar surface area (TPSA) is 0 Å². The monoisotopic (exact) mass is 872 g/mol. The molecule has 0 amide bonds. The van der Waals surface area contributed by atoms with E-state index in [4.69, 9.17) is 0 Å². The van der Waals surface area contributed by atoms with E-state index in [0.717, 1.165) is 24.2 Å². The summed E-state index contributed by atoms with van der Waals surface area (Å²) in [5, 5.41) is 0. The molecule has 4 saturated carbocycles. The van der Waals surface area contributed by atoms with Crippen LogP contribution in [0.4, 0.5) is 0 Å². The van der Waals surface area contributed by atoms with Crippen LogP contribution in [-0.2, 0) is 47.9 Å². The predicted octanol–water partition coefficient (Wildman–Crippen LogP) is 7.86. The normalized spacial score (nSPS) is 21.2. The maximum absolute atomic E-state index is 3.53. The van der Waals surface area contributed by atoms with Gasteiger partial charge in [-0.2, -0.15) is 52.1 Å². The summed E-state index contributed by atoms with van der Waals surface area (Å²) in [5.41, 5.74) is 19.5. The fourth-order valence-corrected chi connectivity index (χ4v) is 11.4. The fraction of sp³-hybridized carbons (Fsp3) is 0.444. The Morgan fingerprint density at radius 3 is 1.61 bits per heavy atom. The number of benzene rings is 4. The first-order valence-electron chi connectivity index (χ1n) is 21.1. The molecule has 0 spiro atoms. The van der Waals surface area contributed by atoms with Gasteiger partial charge in [0, 0.05) is 0 Å². The van der Waals surface area contributed by atoms with Gasteiger partial charge in [0.05, 0.1) is 0 Å². The van der Waals surface area contributed by atoms with Gasteiger partial charge in [0.2, 0.25) is 0 Å². The van der Waals surface area contributed by atoms with Crippen molar-refractivity contribution in [2.75, 3.05) is 0 Å². The molecule has 10 rings (SSSR count). The van der Waals surface area contributed by atoms with Crippen molar-refractivity contribution in [3.63, 3.8) is 0 Å². The maximum atomic E-state index is 3.53. The molecule has 300 valence electrons. The summed E-state index contributed by atoms with van der Waals surface area (Å²) in [7, 11) is 0. The largest absolute Gasteiger partial charge is 1.00 e. The molecule has 5 aromatic rings. The van der Waals surface area contributed by atoms with E-state index in [1.54, 1.807) is 49.7 Å². The molecule has 0 saturated heterocycles. The van der Waals surface area contributed by atoms with Crippen molar-refractivity contribution < 1.29 is 49.0 Å². The molecule has 0 unspecified atom stereocenters. The molecule has 3 heteroatoms. The summed E-state index contributed by atoms with van der Waals surface area (Å²) in [4.78, 5) is 0. The molecule has 0 heterocycles. The van der Waals surface area contributed by atoms with E-state index >= 15 is 0 Å². The molecule has 4 fully saturated rings. The van der Waals surface area contributed by atoms with E-state index in [1.807, 2.05) is 0 Å². The number of fused-ring (bicyclic) bond motifs is 3. The zero-order valence-corrected chi connectivity index (χ0v) is 40.3. The van der Waals surface area contributed by atoms with Gasteiger partial charge in [0.15, 0.2) is 0 Å². The minimum atomic E-state index is 0. The van der Waals surface area contributed by atoms with Crippen LogP contribution >= 0.6 is 0 Å². The summed E-state index contributed by atoms with van der Waals surface area (Å²) in [6.07, 6.45) is 11.7. The molecule has 5 aliphatic carbocycles. The van der Waals surface area contributed by atoms with Gasteiger partial charge in [-0.05, 0) is 79.1 Å². The van der Waals surface area contributed by atoms with Crippen molar-refractivity contribution in [3.8, 4) is 11.1 Å². The molecule has 0 N–H and O–H groups in total. The molecule has 0 aliphatic heterocycles. The number of hydrogen-bond acceptors (Lipinski definition) is 0. The zero-order valence-electron chi connectivity index (χ0n) is 36.3. The van der Waals surface area contributed by atoms with Crippen LogP contribution in [0.15, 0.2) is 91.0 Å². The molecule has 0 atom stereocenters. The Morgan fingerprint density at radius 1 is 0.667 bits per heavy atom. The van der Waals surface area contributed by atoms with Gasteiger partial charge in [0.1, 0.15) is 0 Å². The van der Waals surface area contributed by atoms with Crippen LogP contribution in [-0.4, -0.2) is 3.21 Å². The minimum Gasteiger partial charge on any atom is -1.00 e. The van der Waals surface area contributed by atoms with Gasteiger partial charge in [-0.25, -0.2) is 6.07 Å². The first-order chi connectivity index (χ1) is 25.9. The molecule has 5 aliphatic rings. The molecular weight excluding hydrogens is 811 g/mol. The summed E-state index contributed by atoms with van der Waals surface area (Å²) < 4.78 is 1.42. The minimum absolute atomic E-state index is 0. The molecule has 57 heavy (non-hydrogen) atoms. The third-order valence-corrected chi connectivity index (χ3v) is 14.7. The van der Waals surface area contributed by atoms with E-state index in [-0.39, 0.29) is 35.6 Å². The standard InChI is InChI=1S/C21H25.C18H25.C15H14.2ClH.Zr/c1-20(2,3)16-9-7-14-11-15-8-10-17(21(4,5)6)13-19(15)18(14)12-16;1-12-3-13(2)17(4-12)11-18-8-14-5-15(9-18)7-16(6-14)10-18;1-12-3-7-14(8-4-12)11-15-9-5-13(2)6-10-15;;;/h7,9-10,12-13H,11H2,1-6H3;3-4,14-16H,5-11H2,1-2H3;3-10H,1-2H3;2*1H;/q2*-1;;;;+2/p-2. The van der Waals surface area contributed by atoms with Crippen LogP contribution < -0.4 is 24.8 Å². The van der Waals surface area contributed by atoms with Crippen LogP contribution in [0.2, 0.25) is 0 Å². The first kappa shape index (κ1) is 45.6. The average Bonchev–Trinajstić information content (AvgIpc) is 3.64. The number of aryl methyl sites for hydroxylation is 4. The van der Waals surface area contributed by atoms with Crippen molar-refractivity contribution in [2.45, 2.75) is 131 Å². The predicted molar refractivity (Wildman–Crippen MR) is 232 cm³/mol. The van der Waals surface area contributed by atoms with Crippen molar-refractivity contribution in [2.24, 2.45) is 23.2 Å². The Bertz CT molecular complexity index is 2010. The summed E-state index contributed by atoms with van der Waals surface area (Å²) in [6, 6.07) is 37.4. The SMILES string of the molecule is CC(C)(C)c1c[c-]c2c(c1)-c1cc(C(C)(C)C)ccc1C2.Cc1cc(CC23CC4CC(CC(C4)C2)C3)c(C)[cH-]1.Cc1ccc([C](=[Zr+2])c2ccc(C)cc2)cc1.[Cl-].[Cl-]. The van der Waals surface area contributed by atoms with Crippen LogP contribution in [0.25, 0.3) is 11.1 Å². The zero-order chi connectivity index (χ0) is 39.3. The van der Waals surface area contributed by atoms with Gasteiger partial charge in [-0.3, -0.25) is 0 Å². The Kier molecular flexibility index (Phi) is 14.4. The Labute approximate surface area is 373 Å². The van der Waals surface area contributed by atoms with E-state index < -0.39 is 0 Å². The van der Waals surface area contributed by atoms with Crippen LogP contribution in [0.5, 0.6) is 0 Å². The molecular formula is C54H64Cl2Zr-2. The number of hydrogen-bond donors (Lipinski definition) is 0. The first-order valence-corrected chi connectivity index (χ1v) is 22.3. The third kappa shape index (κ3) is 10.7. The molecule has 0 aromatic heterocycles. The quantitative estimate of drug-likeness (QED) is 0.159. The van der Waals surface area contributed by atoms with Crippen molar-refractivity contribution in [1.82, 2.24) is 0 Å². The fourth-order valence-electron chi connectivity index (χ4n) is 10.6. The van der Waals surface area contributed by atoms with E-state index in [9.17, 15) is 0 Å². The Hall–Kier alpha value is -2.44. The molecule has 0 radical (unpaired) electrons. The summed E-state index contributed by atoms with van der Waals surface area (Å²) in [6.45, 7) is 22.4. The second-order valence-corrected chi connectivity index (χ2v) is 21.5. The van der Waals surface area contributed by atoms with Gasteiger partial charge < -0.3 is 24.8 Å². The van der Waals surface area contributed by atoms with Crippen LogP contribution in [0.3, 0.4) is 0 Å². The van der Waals surface area contributed by atoms with Crippen molar-refractivity contribution >= 4 is 3.21 Å². The molecule has 0 nitrogen and oxygen atoms in total. The Morgan fingerprint density at radius 2 is 1.16 bits per heavy atom. The van der Waals surface area contributed by atoms with Crippen molar-refractivity contribution in [3.05, 3.63) is 158 Å². The van der Waals surface area contributed by atoms with Crippen molar-refractivity contribution in [1.29, 1.82) is 0 Å². The molecule has 5 aromatic carbocycles. The smallest absolute Gasteiger partial charge is 1.00 e. The maximum Gasteiger partial charge on any atom is -1.00 e. The van der Waals surface area contributed by atoms with E-state index in [0.29, 0.717) is 5.41 Å². The van der Waals surface area contributed by atoms with E-state index in [1.165, 1.54) is 95.1 Å². The van der Waals surface area contributed by atoms with Gasteiger partial charge >= 0.3 is 112 Å². The van der Waals surface area contributed by atoms with E-state index in [2.05, 4.69) is 166 Å². The second-order valence-electron chi connectivity index (χ2n) is 20.3. The number of rotatable bonds is 4. The third-order valence-electron chi connectivity index (χ3n) is 13.3. The second kappa shape index (κ2) is 18.0. The van der Waals surface area contributed by atoms with Crippen LogP contribution in [0, 0.1) is 56.9 Å². The molecule has 4 bridgehead atoms. The van der Waals surface area contributed by atoms with Gasteiger partial charge in [-0.1, -0.05) is 96.6 Å². The van der Waals surface area contributed by atoms with Crippen LogP contribution in [0.1, 0.15) is 141 Å². The Balaban J connectivity index is 0.000000162. The average molecular weight is 875 g/mol. The summed E-state index contributed by atoms with van der Waals surface area (Å²) in [5.74, 6) is 3.27. The van der Waals surface area contributed by atoms with Gasteiger partial charge in [0.25, 0.3) is 0 Å².